The van der Waals surface area contributed by atoms with Gasteiger partial charge in [0.1, 0.15) is 0 Å². The standard InChI is InChI=1S/C15H26ClN3/c1-4-9-17-13-8-6-5-7-12(13)10-14-15(16)11(2)18-19(14)3/h12-13,17H,4-10H2,1-3H3. The molecule has 1 N–H and O–H groups in total. The largest absolute Gasteiger partial charge is 0.314 e. The van der Waals surface area contributed by atoms with Crippen LogP contribution in [0.4, 0.5) is 0 Å². The summed E-state index contributed by atoms with van der Waals surface area (Å²) >= 11 is 6.38. The average Bonchev–Trinajstić information content (AvgIpc) is 2.64. The molecule has 0 amide bonds. The molecule has 1 saturated carbocycles. The molecule has 2 unspecified atom stereocenters. The summed E-state index contributed by atoms with van der Waals surface area (Å²) in [5.41, 5.74) is 2.16. The fourth-order valence-corrected chi connectivity index (χ4v) is 3.44. The lowest BCUT2D eigenvalue weighted by Crippen LogP contribution is -2.40. The van der Waals surface area contributed by atoms with Crippen LogP contribution in [0.15, 0.2) is 0 Å². The number of hydrogen-bond acceptors (Lipinski definition) is 2. The third-order valence-corrected chi connectivity index (χ3v) is 4.77. The molecular formula is C15H26ClN3. The molecule has 1 aliphatic carbocycles. The third-order valence-electron chi connectivity index (χ3n) is 4.28. The highest BCUT2D eigenvalue weighted by Gasteiger charge is 2.26. The first-order valence-electron chi connectivity index (χ1n) is 7.54. The maximum absolute atomic E-state index is 6.38. The highest BCUT2D eigenvalue weighted by atomic mass is 35.5. The number of halogens is 1. The van der Waals surface area contributed by atoms with Crippen LogP contribution in [0.5, 0.6) is 0 Å². The summed E-state index contributed by atoms with van der Waals surface area (Å²) < 4.78 is 1.96. The molecule has 108 valence electrons. The average molecular weight is 284 g/mol. The van der Waals surface area contributed by atoms with Crippen molar-refractivity contribution in [1.82, 2.24) is 15.1 Å². The highest BCUT2D eigenvalue weighted by molar-refractivity contribution is 6.31. The van der Waals surface area contributed by atoms with Crippen LogP contribution in [-0.4, -0.2) is 22.4 Å². The van der Waals surface area contributed by atoms with Gasteiger partial charge in [-0.15, -0.1) is 0 Å². The lowest BCUT2D eigenvalue weighted by atomic mass is 9.81. The van der Waals surface area contributed by atoms with Crippen LogP contribution in [0.2, 0.25) is 5.02 Å². The van der Waals surface area contributed by atoms with Crippen LogP contribution < -0.4 is 5.32 Å². The van der Waals surface area contributed by atoms with E-state index in [1.807, 2.05) is 18.7 Å². The van der Waals surface area contributed by atoms with Gasteiger partial charge < -0.3 is 5.32 Å². The second-order valence-electron chi connectivity index (χ2n) is 5.78. The molecule has 0 aliphatic heterocycles. The van der Waals surface area contributed by atoms with E-state index < -0.39 is 0 Å². The summed E-state index contributed by atoms with van der Waals surface area (Å²) in [6.45, 7) is 5.34. The van der Waals surface area contributed by atoms with Crippen molar-refractivity contribution in [3.05, 3.63) is 16.4 Å². The maximum atomic E-state index is 6.38. The minimum absolute atomic E-state index is 0.653. The monoisotopic (exact) mass is 283 g/mol. The predicted octanol–water partition coefficient (Wildman–Crippen LogP) is 3.48. The van der Waals surface area contributed by atoms with E-state index in [-0.39, 0.29) is 0 Å². The van der Waals surface area contributed by atoms with Crippen molar-refractivity contribution < 1.29 is 0 Å². The SMILES string of the molecule is CCCNC1CCCCC1Cc1c(Cl)c(C)nn1C. The van der Waals surface area contributed by atoms with Crippen LogP contribution in [0, 0.1) is 12.8 Å². The quantitative estimate of drug-likeness (QED) is 0.897. The van der Waals surface area contributed by atoms with Crippen LogP contribution in [0.3, 0.4) is 0 Å². The molecule has 0 spiro atoms. The molecule has 0 bridgehead atoms. The van der Waals surface area contributed by atoms with Gasteiger partial charge in [0.15, 0.2) is 0 Å². The summed E-state index contributed by atoms with van der Waals surface area (Å²) in [6, 6.07) is 0.653. The summed E-state index contributed by atoms with van der Waals surface area (Å²) in [7, 11) is 2.01. The number of nitrogens with zero attached hydrogens (tertiary/aromatic N) is 2. The maximum Gasteiger partial charge on any atom is 0.0847 e. The molecule has 1 aromatic rings. The number of nitrogens with one attached hydrogen (secondary N) is 1. The fraction of sp³-hybridized carbons (Fsp3) is 0.800. The molecule has 2 atom stereocenters. The summed E-state index contributed by atoms with van der Waals surface area (Å²) in [5.74, 6) is 0.701. The molecule has 0 saturated heterocycles. The minimum Gasteiger partial charge on any atom is -0.314 e. The van der Waals surface area contributed by atoms with E-state index in [2.05, 4.69) is 17.3 Å². The van der Waals surface area contributed by atoms with E-state index >= 15 is 0 Å². The molecule has 4 heteroatoms. The van der Waals surface area contributed by atoms with Gasteiger partial charge in [0.25, 0.3) is 0 Å². The molecule has 1 aromatic heterocycles. The van der Waals surface area contributed by atoms with E-state index in [4.69, 9.17) is 11.6 Å². The number of rotatable bonds is 5. The number of hydrogen-bond donors (Lipinski definition) is 1. The summed E-state index contributed by atoms with van der Waals surface area (Å²) in [6.07, 6.45) is 7.58. The van der Waals surface area contributed by atoms with E-state index in [0.29, 0.717) is 12.0 Å². The first-order valence-corrected chi connectivity index (χ1v) is 7.92. The van der Waals surface area contributed by atoms with E-state index in [9.17, 15) is 0 Å². The Bertz CT molecular complexity index is 414. The third kappa shape index (κ3) is 3.51. The van der Waals surface area contributed by atoms with Gasteiger partial charge in [-0.05, 0) is 45.1 Å². The number of aryl methyl sites for hydroxylation is 2. The molecule has 1 aliphatic rings. The van der Waals surface area contributed by atoms with Crippen molar-refractivity contribution >= 4 is 11.6 Å². The van der Waals surface area contributed by atoms with Gasteiger partial charge in [-0.2, -0.15) is 5.10 Å². The first kappa shape index (κ1) is 14.9. The molecule has 0 aromatic carbocycles. The fourth-order valence-electron chi connectivity index (χ4n) is 3.20. The Morgan fingerprint density at radius 1 is 1.37 bits per heavy atom. The lowest BCUT2D eigenvalue weighted by molar-refractivity contribution is 0.258. The van der Waals surface area contributed by atoms with Gasteiger partial charge >= 0.3 is 0 Å². The zero-order valence-electron chi connectivity index (χ0n) is 12.4. The van der Waals surface area contributed by atoms with E-state index in [0.717, 1.165) is 23.7 Å². The van der Waals surface area contributed by atoms with Crippen LogP contribution in [0.25, 0.3) is 0 Å². The summed E-state index contributed by atoms with van der Waals surface area (Å²) in [5, 5.41) is 9.01. The van der Waals surface area contributed by atoms with Gasteiger partial charge in [0.05, 0.1) is 16.4 Å². The van der Waals surface area contributed by atoms with Gasteiger partial charge in [-0.3, -0.25) is 4.68 Å². The molecule has 2 rings (SSSR count). The topological polar surface area (TPSA) is 29.9 Å². The molecule has 19 heavy (non-hydrogen) atoms. The normalized spacial score (nSPS) is 23.8. The van der Waals surface area contributed by atoms with Crippen LogP contribution >= 0.6 is 11.6 Å². The van der Waals surface area contributed by atoms with Crippen LogP contribution in [-0.2, 0) is 13.5 Å². The van der Waals surface area contributed by atoms with Crippen molar-refractivity contribution in [2.45, 2.75) is 58.4 Å². The first-order chi connectivity index (χ1) is 9.13. The summed E-state index contributed by atoms with van der Waals surface area (Å²) in [4.78, 5) is 0. The number of aromatic nitrogens is 2. The van der Waals surface area contributed by atoms with E-state index in [1.54, 1.807) is 0 Å². The Labute approximate surface area is 121 Å². The Kier molecular flexibility index (Phi) is 5.28. The van der Waals surface area contributed by atoms with Gasteiger partial charge in [0.2, 0.25) is 0 Å². The zero-order valence-corrected chi connectivity index (χ0v) is 13.1. The predicted molar refractivity (Wildman–Crippen MR) is 80.7 cm³/mol. The van der Waals surface area contributed by atoms with Gasteiger partial charge in [0, 0.05) is 13.1 Å². The second kappa shape index (κ2) is 6.76. The van der Waals surface area contributed by atoms with Crippen LogP contribution in [0.1, 0.15) is 50.4 Å². The molecule has 1 heterocycles. The molecular weight excluding hydrogens is 258 g/mol. The van der Waals surface area contributed by atoms with Gasteiger partial charge in [-0.1, -0.05) is 31.4 Å². The Morgan fingerprint density at radius 3 is 2.74 bits per heavy atom. The van der Waals surface area contributed by atoms with Crippen molar-refractivity contribution in [3.8, 4) is 0 Å². The zero-order chi connectivity index (χ0) is 13.8. The van der Waals surface area contributed by atoms with Crippen molar-refractivity contribution in [3.63, 3.8) is 0 Å². The van der Waals surface area contributed by atoms with Crippen molar-refractivity contribution in [1.29, 1.82) is 0 Å². The smallest absolute Gasteiger partial charge is 0.0847 e. The Morgan fingerprint density at radius 2 is 2.11 bits per heavy atom. The minimum atomic E-state index is 0.653. The van der Waals surface area contributed by atoms with Crippen molar-refractivity contribution in [2.24, 2.45) is 13.0 Å². The second-order valence-corrected chi connectivity index (χ2v) is 6.16. The molecule has 1 fully saturated rings. The molecule has 3 nitrogen and oxygen atoms in total. The Hall–Kier alpha value is -0.540. The van der Waals surface area contributed by atoms with E-state index in [1.165, 1.54) is 37.8 Å². The lowest BCUT2D eigenvalue weighted by Gasteiger charge is -2.32. The van der Waals surface area contributed by atoms with Crippen molar-refractivity contribution in [2.75, 3.05) is 6.54 Å². The molecule has 0 radical (unpaired) electrons. The Balaban J connectivity index is 2.06. The highest BCUT2D eigenvalue weighted by Crippen LogP contribution is 2.30. The van der Waals surface area contributed by atoms with Gasteiger partial charge in [-0.25, -0.2) is 0 Å².